The number of rotatable bonds is 7. The summed E-state index contributed by atoms with van der Waals surface area (Å²) in [4.78, 5) is 11.7. The molecule has 0 aliphatic carbocycles. The standard InChI is InChI=1S/C13H20N2O4S/c1-10-4-6-12(7-5-10)20(17,18)15-11(2)13(16)19-9-8-14-3/h4-7,11,14-15H,8-9H2,1-3H3/t11-/m0/s1. The van der Waals surface area contributed by atoms with Crippen molar-refractivity contribution in [2.75, 3.05) is 20.2 Å². The van der Waals surface area contributed by atoms with E-state index in [1.165, 1.54) is 19.1 Å². The van der Waals surface area contributed by atoms with Crippen molar-refractivity contribution in [1.29, 1.82) is 0 Å². The highest BCUT2D eigenvalue weighted by Crippen LogP contribution is 2.10. The highest BCUT2D eigenvalue weighted by atomic mass is 32.2. The molecule has 2 N–H and O–H groups in total. The van der Waals surface area contributed by atoms with Crippen molar-refractivity contribution < 1.29 is 17.9 Å². The summed E-state index contributed by atoms with van der Waals surface area (Å²) < 4.78 is 31.3. The number of sulfonamides is 1. The fraction of sp³-hybridized carbons (Fsp3) is 0.462. The molecule has 6 nitrogen and oxygen atoms in total. The van der Waals surface area contributed by atoms with Crippen molar-refractivity contribution in [3.63, 3.8) is 0 Å². The van der Waals surface area contributed by atoms with E-state index in [1.54, 1.807) is 19.2 Å². The molecular formula is C13H20N2O4S. The number of nitrogens with one attached hydrogen (secondary N) is 2. The average Bonchev–Trinajstić information content (AvgIpc) is 2.38. The number of ether oxygens (including phenoxy) is 1. The second-order valence-electron chi connectivity index (χ2n) is 4.43. The van der Waals surface area contributed by atoms with Gasteiger partial charge in [-0.25, -0.2) is 8.42 Å². The summed E-state index contributed by atoms with van der Waals surface area (Å²) in [6.45, 7) is 4.04. The molecule has 1 atom stereocenters. The Hall–Kier alpha value is -1.44. The average molecular weight is 300 g/mol. The van der Waals surface area contributed by atoms with E-state index in [0.717, 1.165) is 5.56 Å². The Labute approximate surface area is 119 Å². The highest BCUT2D eigenvalue weighted by molar-refractivity contribution is 7.89. The number of hydrogen-bond donors (Lipinski definition) is 2. The molecule has 0 aliphatic rings. The predicted octanol–water partition coefficient (Wildman–Crippen LogP) is 0.424. The van der Waals surface area contributed by atoms with Crippen molar-refractivity contribution in [2.45, 2.75) is 24.8 Å². The van der Waals surface area contributed by atoms with Gasteiger partial charge in [0.15, 0.2) is 0 Å². The van der Waals surface area contributed by atoms with Crippen LogP contribution in [-0.4, -0.2) is 40.6 Å². The molecule has 0 spiro atoms. The first-order chi connectivity index (χ1) is 9.36. The van der Waals surface area contributed by atoms with Crippen molar-refractivity contribution in [3.8, 4) is 0 Å². The topological polar surface area (TPSA) is 84.5 Å². The van der Waals surface area contributed by atoms with Crippen LogP contribution in [0.4, 0.5) is 0 Å². The smallest absolute Gasteiger partial charge is 0.323 e. The van der Waals surface area contributed by atoms with Crippen molar-refractivity contribution in [1.82, 2.24) is 10.0 Å². The van der Waals surface area contributed by atoms with Gasteiger partial charge in [-0.2, -0.15) is 4.72 Å². The van der Waals surface area contributed by atoms with Gasteiger partial charge in [0.1, 0.15) is 12.6 Å². The Balaban J connectivity index is 2.66. The van der Waals surface area contributed by atoms with Crippen molar-refractivity contribution in [2.24, 2.45) is 0 Å². The van der Waals surface area contributed by atoms with Crippen LogP contribution in [0.2, 0.25) is 0 Å². The van der Waals surface area contributed by atoms with E-state index < -0.39 is 22.0 Å². The summed E-state index contributed by atoms with van der Waals surface area (Å²) in [5, 5.41) is 2.83. The molecule has 0 heterocycles. The molecule has 0 amide bonds. The molecule has 1 aromatic rings. The molecule has 20 heavy (non-hydrogen) atoms. The number of carbonyl (C=O) groups is 1. The molecule has 0 fully saturated rings. The van der Waals surface area contributed by atoms with E-state index >= 15 is 0 Å². The monoisotopic (exact) mass is 300 g/mol. The summed E-state index contributed by atoms with van der Waals surface area (Å²) in [7, 11) is -1.98. The van der Waals surface area contributed by atoms with E-state index in [1.807, 2.05) is 6.92 Å². The number of esters is 1. The number of likely N-dealkylation sites (N-methyl/N-ethyl adjacent to an activating group) is 1. The van der Waals surface area contributed by atoms with Crippen LogP contribution in [0.25, 0.3) is 0 Å². The minimum atomic E-state index is -3.72. The first kappa shape index (κ1) is 16.6. The predicted molar refractivity (Wildman–Crippen MR) is 75.8 cm³/mol. The molecule has 1 aromatic carbocycles. The maximum absolute atomic E-state index is 12.1. The molecular weight excluding hydrogens is 280 g/mol. The van der Waals surface area contributed by atoms with Gasteiger partial charge in [-0.05, 0) is 33.0 Å². The van der Waals surface area contributed by atoms with Crippen LogP contribution >= 0.6 is 0 Å². The SMILES string of the molecule is CNCCOC(=O)[C@H](C)NS(=O)(=O)c1ccc(C)cc1. The van der Waals surface area contributed by atoms with E-state index in [2.05, 4.69) is 10.0 Å². The van der Waals surface area contributed by atoms with Gasteiger partial charge in [0.2, 0.25) is 10.0 Å². The van der Waals surface area contributed by atoms with E-state index in [0.29, 0.717) is 6.54 Å². The largest absolute Gasteiger partial charge is 0.463 e. The zero-order valence-corrected chi connectivity index (χ0v) is 12.7. The van der Waals surface area contributed by atoms with Crippen LogP contribution in [0.15, 0.2) is 29.2 Å². The highest BCUT2D eigenvalue weighted by Gasteiger charge is 2.22. The summed E-state index contributed by atoms with van der Waals surface area (Å²) in [5.74, 6) is -0.601. The van der Waals surface area contributed by atoms with Crippen LogP contribution in [0.1, 0.15) is 12.5 Å². The third kappa shape index (κ3) is 4.92. The van der Waals surface area contributed by atoms with Gasteiger partial charge in [0.25, 0.3) is 0 Å². The zero-order chi connectivity index (χ0) is 15.2. The number of carbonyl (C=O) groups excluding carboxylic acids is 1. The van der Waals surface area contributed by atoms with Gasteiger partial charge in [-0.15, -0.1) is 0 Å². The summed E-state index contributed by atoms with van der Waals surface area (Å²) in [6.07, 6.45) is 0. The number of aryl methyl sites for hydroxylation is 1. The molecule has 0 saturated heterocycles. The molecule has 0 bridgehead atoms. The van der Waals surface area contributed by atoms with E-state index in [-0.39, 0.29) is 11.5 Å². The molecule has 7 heteroatoms. The molecule has 112 valence electrons. The van der Waals surface area contributed by atoms with Gasteiger partial charge >= 0.3 is 5.97 Å². The molecule has 0 aromatic heterocycles. The fourth-order valence-electron chi connectivity index (χ4n) is 1.44. The van der Waals surface area contributed by atoms with Gasteiger partial charge in [-0.1, -0.05) is 17.7 Å². The van der Waals surface area contributed by atoms with Crippen LogP contribution in [0.3, 0.4) is 0 Å². The van der Waals surface area contributed by atoms with Gasteiger partial charge in [-0.3, -0.25) is 4.79 Å². The first-order valence-corrected chi connectivity index (χ1v) is 7.75. The quantitative estimate of drug-likeness (QED) is 0.563. The Morgan fingerprint density at radius 1 is 1.30 bits per heavy atom. The maximum atomic E-state index is 12.1. The molecule has 0 radical (unpaired) electrons. The van der Waals surface area contributed by atoms with Crippen molar-refractivity contribution >= 4 is 16.0 Å². The second kappa shape index (κ2) is 7.37. The molecule has 0 aliphatic heterocycles. The van der Waals surface area contributed by atoms with Crippen LogP contribution in [-0.2, 0) is 19.6 Å². The molecule has 1 rings (SSSR count). The number of hydrogen-bond acceptors (Lipinski definition) is 5. The normalized spacial score (nSPS) is 12.9. The lowest BCUT2D eigenvalue weighted by molar-refractivity contribution is -0.145. The lowest BCUT2D eigenvalue weighted by atomic mass is 10.2. The molecule has 0 unspecified atom stereocenters. The first-order valence-electron chi connectivity index (χ1n) is 6.27. The van der Waals surface area contributed by atoms with Gasteiger partial charge < -0.3 is 10.1 Å². The lowest BCUT2D eigenvalue weighted by Gasteiger charge is -2.13. The van der Waals surface area contributed by atoms with E-state index in [4.69, 9.17) is 4.74 Å². The third-order valence-corrected chi connectivity index (χ3v) is 4.17. The Morgan fingerprint density at radius 3 is 2.45 bits per heavy atom. The summed E-state index contributed by atoms with van der Waals surface area (Å²) in [6, 6.07) is 5.46. The Bertz CT molecular complexity index is 540. The molecule has 0 saturated carbocycles. The fourth-order valence-corrected chi connectivity index (χ4v) is 2.64. The lowest BCUT2D eigenvalue weighted by Crippen LogP contribution is -2.40. The minimum Gasteiger partial charge on any atom is -0.463 e. The second-order valence-corrected chi connectivity index (χ2v) is 6.14. The Morgan fingerprint density at radius 2 is 1.90 bits per heavy atom. The zero-order valence-electron chi connectivity index (χ0n) is 11.8. The summed E-state index contributed by atoms with van der Waals surface area (Å²) in [5.41, 5.74) is 0.962. The van der Waals surface area contributed by atoms with Gasteiger partial charge in [0.05, 0.1) is 4.90 Å². The van der Waals surface area contributed by atoms with Crippen molar-refractivity contribution in [3.05, 3.63) is 29.8 Å². The van der Waals surface area contributed by atoms with Crippen LogP contribution < -0.4 is 10.0 Å². The minimum absolute atomic E-state index is 0.123. The third-order valence-electron chi connectivity index (χ3n) is 2.61. The van der Waals surface area contributed by atoms with Crippen LogP contribution in [0.5, 0.6) is 0 Å². The summed E-state index contributed by atoms with van der Waals surface area (Å²) >= 11 is 0. The van der Waals surface area contributed by atoms with E-state index in [9.17, 15) is 13.2 Å². The van der Waals surface area contributed by atoms with Crippen LogP contribution in [0, 0.1) is 6.92 Å². The van der Waals surface area contributed by atoms with Gasteiger partial charge in [0, 0.05) is 6.54 Å². The number of benzene rings is 1. The Kier molecular flexibility index (Phi) is 6.12. The maximum Gasteiger partial charge on any atom is 0.323 e.